The third-order valence-corrected chi connectivity index (χ3v) is 5.77. The molecule has 1 spiro atoms. The van der Waals surface area contributed by atoms with Crippen LogP contribution in [0.2, 0.25) is 0 Å². The highest BCUT2D eigenvalue weighted by Crippen LogP contribution is 2.58. The number of benzene rings is 1. The molecule has 1 aromatic heterocycles. The molecule has 2 atom stereocenters. The highest BCUT2D eigenvalue weighted by atomic mass is 16.2. The van der Waals surface area contributed by atoms with Gasteiger partial charge in [0.05, 0.1) is 0 Å². The van der Waals surface area contributed by atoms with Gasteiger partial charge in [-0.15, -0.1) is 0 Å². The van der Waals surface area contributed by atoms with Crippen molar-refractivity contribution in [3.63, 3.8) is 0 Å². The number of aryl methyl sites for hydroxylation is 1. The molecule has 1 saturated carbocycles. The minimum Gasteiger partial charge on any atom is -0.352 e. The van der Waals surface area contributed by atoms with Crippen LogP contribution in [0.5, 0.6) is 0 Å². The van der Waals surface area contributed by atoms with E-state index in [-0.39, 0.29) is 23.1 Å². The molecule has 26 heavy (non-hydrogen) atoms. The van der Waals surface area contributed by atoms with Crippen LogP contribution in [0.15, 0.2) is 48.8 Å². The lowest BCUT2D eigenvalue weighted by Crippen LogP contribution is -2.31. The van der Waals surface area contributed by atoms with Crippen molar-refractivity contribution in [2.45, 2.75) is 26.3 Å². The van der Waals surface area contributed by atoms with Crippen molar-refractivity contribution in [1.29, 1.82) is 0 Å². The van der Waals surface area contributed by atoms with E-state index in [1.165, 1.54) is 0 Å². The molecule has 2 aliphatic rings. The summed E-state index contributed by atoms with van der Waals surface area (Å²) >= 11 is 0. The molecule has 2 aromatic rings. The molecule has 134 valence electrons. The molecule has 1 aromatic carbocycles. The van der Waals surface area contributed by atoms with Crippen molar-refractivity contribution in [1.82, 2.24) is 15.2 Å². The Morgan fingerprint density at radius 2 is 2.00 bits per heavy atom. The third kappa shape index (κ3) is 3.09. The molecule has 0 bridgehead atoms. The first-order valence-electron chi connectivity index (χ1n) is 9.11. The van der Waals surface area contributed by atoms with Gasteiger partial charge in [-0.1, -0.05) is 18.2 Å². The van der Waals surface area contributed by atoms with Crippen LogP contribution in [0.25, 0.3) is 0 Å². The maximum Gasteiger partial charge on any atom is 0.254 e. The van der Waals surface area contributed by atoms with Crippen LogP contribution in [0.1, 0.15) is 34.3 Å². The highest BCUT2D eigenvalue weighted by Gasteiger charge is 2.61. The number of nitrogens with zero attached hydrogens (tertiary/aromatic N) is 2. The van der Waals surface area contributed by atoms with Crippen molar-refractivity contribution in [2.24, 2.45) is 11.3 Å². The number of hydrogen-bond acceptors (Lipinski definition) is 3. The minimum atomic E-state index is -0.0132. The van der Waals surface area contributed by atoms with Gasteiger partial charge in [0, 0.05) is 48.9 Å². The van der Waals surface area contributed by atoms with E-state index in [0.29, 0.717) is 13.1 Å². The number of likely N-dealkylation sites (tertiary alicyclic amines) is 1. The Morgan fingerprint density at radius 3 is 2.77 bits per heavy atom. The zero-order valence-corrected chi connectivity index (χ0v) is 14.9. The molecular formula is C21H23N3O2. The number of aromatic nitrogens is 1. The molecule has 2 unspecified atom stereocenters. The molecule has 2 heterocycles. The Balaban J connectivity index is 1.35. The highest BCUT2D eigenvalue weighted by molar-refractivity contribution is 5.96. The number of amides is 2. The van der Waals surface area contributed by atoms with E-state index < -0.39 is 0 Å². The lowest BCUT2D eigenvalue weighted by molar-refractivity contribution is -0.123. The van der Waals surface area contributed by atoms with Crippen molar-refractivity contribution >= 4 is 11.8 Å². The Labute approximate surface area is 153 Å². The van der Waals surface area contributed by atoms with Crippen LogP contribution >= 0.6 is 0 Å². The van der Waals surface area contributed by atoms with Gasteiger partial charge in [-0.2, -0.15) is 0 Å². The van der Waals surface area contributed by atoms with Gasteiger partial charge in [0.1, 0.15) is 0 Å². The van der Waals surface area contributed by atoms with Gasteiger partial charge in [-0.05, 0) is 49.1 Å². The summed E-state index contributed by atoms with van der Waals surface area (Å²) in [5, 5.41) is 3.03. The van der Waals surface area contributed by atoms with E-state index >= 15 is 0 Å². The summed E-state index contributed by atoms with van der Waals surface area (Å²) < 4.78 is 0. The molecule has 2 amide bonds. The normalized spacial score (nSPS) is 23.9. The molecule has 1 N–H and O–H groups in total. The first-order valence-corrected chi connectivity index (χ1v) is 9.11. The summed E-state index contributed by atoms with van der Waals surface area (Å²) in [6.45, 7) is 3.92. The van der Waals surface area contributed by atoms with Crippen LogP contribution in [0.4, 0.5) is 0 Å². The van der Waals surface area contributed by atoms with E-state index in [4.69, 9.17) is 0 Å². The molecule has 5 heteroatoms. The smallest absolute Gasteiger partial charge is 0.254 e. The number of carbonyl (C=O) groups is 2. The lowest BCUT2D eigenvalue weighted by atomic mass is 10.0. The van der Waals surface area contributed by atoms with Crippen LogP contribution in [-0.4, -0.2) is 34.8 Å². The summed E-state index contributed by atoms with van der Waals surface area (Å²) in [5.41, 5.74) is 2.80. The number of rotatable bonds is 4. The van der Waals surface area contributed by atoms with Gasteiger partial charge in [0.25, 0.3) is 5.91 Å². The lowest BCUT2D eigenvalue weighted by Gasteiger charge is -2.18. The van der Waals surface area contributed by atoms with E-state index in [2.05, 4.69) is 10.3 Å². The number of carbonyl (C=O) groups excluding carboxylic acids is 2. The quantitative estimate of drug-likeness (QED) is 0.923. The predicted octanol–water partition coefficient (Wildman–Crippen LogP) is 2.56. The monoisotopic (exact) mass is 349 g/mol. The van der Waals surface area contributed by atoms with Gasteiger partial charge < -0.3 is 10.2 Å². The SMILES string of the molecule is Cc1ccccc1C(=O)N1CCC2(CC2C(=O)NCc2ccncc2)C1. The standard InChI is InChI=1S/C21H23N3O2/c1-15-4-2-3-5-17(15)20(26)24-11-8-21(14-24)12-18(21)19(25)23-13-16-6-9-22-10-7-16/h2-7,9-10,18H,8,11-14H2,1H3,(H,23,25). The van der Waals surface area contributed by atoms with Crippen LogP contribution < -0.4 is 5.32 Å². The fourth-order valence-corrected chi connectivity index (χ4v) is 4.03. The van der Waals surface area contributed by atoms with Crippen LogP contribution in [0, 0.1) is 18.3 Å². The maximum atomic E-state index is 12.8. The fraction of sp³-hybridized carbons (Fsp3) is 0.381. The van der Waals surface area contributed by atoms with Crippen molar-refractivity contribution < 1.29 is 9.59 Å². The van der Waals surface area contributed by atoms with E-state index in [1.54, 1.807) is 12.4 Å². The first-order chi connectivity index (χ1) is 12.6. The van der Waals surface area contributed by atoms with Gasteiger partial charge in [0.15, 0.2) is 0 Å². The van der Waals surface area contributed by atoms with Gasteiger partial charge in [0.2, 0.25) is 5.91 Å². The second-order valence-corrected chi connectivity index (χ2v) is 7.48. The second-order valence-electron chi connectivity index (χ2n) is 7.48. The van der Waals surface area contributed by atoms with Gasteiger partial charge in [-0.3, -0.25) is 14.6 Å². The first kappa shape index (κ1) is 16.8. The van der Waals surface area contributed by atoms with E-state index in [9.17, 15) is 9.59 Å². The van der Waals surface area contributed by atoms with Crippen molar-refractivity contribution in [3.8, 4) is 0 Å². The Bertz CT molecular complexity index is 836. The number of pyridine rings is 1. The van der Waals surface area contributed by atoms with Crippen molar-refractivity contribution in [2.75, 3.05) is 13.1 Å². The van der Waals surface area contributed by atoms with Crippen LogP contribution in [-0.2, 0) is 11.3 Å². The summed E-state index contributed by atoms with van der Waals surface area (Å²) in [7, 11) is 0. The van der Waals surface area contributed by atoms with Crippen LogP contribution in [0.3, 0.4) is 0 Å². The average molecular weight is 349 g/mol. The van der Waals surface area contributed by atoms with Crippen molar-refractivity contribution in [3.05, 3.63) is 65.5 Å². The largest absolute Gasteiger partial charge is 0.352 e. The Morgan fingerprint density at radius 1 is 1.23 bits per heavy atom. The summed E-state index contributed by atoms with van der Waals surface area (Å²) in [4.78, 5) is 31.2. The Kier molecular flexibility index (Phi) is 4.23. The molecule has 2 fully saturated rings. The predicted molar refractivity (Wildman–Crippen MR) is 98.3 cm³/mol. The summed E-state index contributed by atoms with van der Waals surface area (Å²) in [6, 6.07) is 11.5. The fourth-order valence-electron chi connectivity index (χ4n) is 4.03. The molecule has 4 rings (SSSR count). The van der Waals surface area contributed by atoms with E-state index in [1.807, 2.05) is 48.2 Å². The zero-order chi connectivity index (χ0) is 18.1. The zero-order valence-electron chi connectivity index (χ0n) is 14.9. The summed E-state index contributed by atoms with van der Waals surface area (Å²) in [5.74, 6) is 0.217. The second kappa shape index (κ2) is 6.56. The van der Waals surface area contributed by atoms with Gasteiger partial charge in [-0.25, -0.2) is 0 Å². The molecule has 1 aliphatic heterocycles. The average Bonchev–Trinajstić information content (AvgIpc) is 3.20. The molecule has 0 radical (unpaired) electrons. The van der Waals surface area contributed by atoms with E-state index in [0.717, 1.165) is 36.1 Å². The minimum absolute atomic E-state index is 0.0132. The molecule has 1 saturated heterocycles. The van der Waals surface area contributed by atoms with Gasteiger partial charge >= 0.3 is 0 Å². The topological polar surface area (TPSA) is 62.3 Å². The Hall–Kier alpha value is -2.69. The maximum absolute atomic E-state index is 12.8. The summed E-state index contributed by atoms with van der Waals surface area (Å²) in [6.07, 6.45) is 5.25. The number of nitrogens with one attached hydrogen (secondary N) is 1. The number of hydrogen-bond donors (Lipinski definition) is 1. The third-order valence-electron chi connectivity index (χ3n) is 5.77. The molecule has 5 nitrogen and oxygen atoms in total. The molecule has 1 aliphatic carbocycles. The molecular weight excluding hydrogens is 326 g/mol.